The minimum atomic E-state index is -2.26. The smallest absolute Gasteiger partial charge is 0.257 e. The Bertz CT molecular complexity index is 713. The van der Waals surface area contributed by atoms with Crippen molar-refractivity contribution >= 4 is 5.91 Å². The van der Waals surface area contributed by atoms with Crippen LogP contribution in [0.15, 0.2) is 0 Å². The summed E-state index contributed by atoms with van der Waals surface area (Å²) in [5, 5.41) is 2.53. The van der Waals surface area contributed by atoms with E-state index in [-0.39, 0.29) is 5.41 Å². The Kier molecular flexibility index (Phi) is 4.04. The van der Waals surface area contributed by atoms with Crippen LogP contribution in [0.5, 0.6) is 0 Å². The Balaban J connectivity index is 1.60. The normalized spacial score (nSPS) is 33.4. The molecule has 0 heterocycles. The Morgan fingerprint density at radius 3 is 1.65 bits per heavy atom. The predicted octanol–water partition coefficient (Wildman–Crippen LogP) is 4.72. The molecule has 1 N–H and O–H groups in total. The number of benzene rings is 1. The Hall–Kier alpha value is -1.66. The maximum absolute atomic E-state index is 13.9. The van der Waals surface area contributed by atoms with Crippen molar-refractivity contribution in [1.29, 1.82) is 0 Å². The quantitative estimate of drug-likeness (QED) is 0.464. The first kappa shape index (κ1) is 17.7. The summed E-state index contributed by atoms with van der Waals surface area (Å²) in [5.74, 6) is -10.1. The van der Waals surface area contributed by atoms with Crippen molar-refractivity contribution in [2.75, 3.05) is 0 Å². The first-order valence-corrected chi connectivity index (χ1v) is 9.04. The maximum atomic E-state index is 13.9. The molecular weight excluding hydrogens is 353 g/mol. The van der Waals surface area contributed by atoms with Crippen molar-refractivity contribution in [1.82, 2.24) is 5.32 Å². The number of halogens is 5. The van der Waals surface area contributed by atoms with Crippen molar-refractivity contribution in [3.05, 3.63) is 34.6 Å². The molecule has 0 radical (unpaired) electrons. The zero-order valence-electron chi connectivity index (χ0n) is 14.4. The standard InChI is InChI=1S/C19H20F5NO/c1-8(19-5-9-2-10(6-19)4-11(3-9)7-19)25-18(26)12-13(20)15(22)17(24)16(23)14(12)21/h8-11H,2-7H2,1H3,(H,25,26)/t8-,9?,10?,11?,19?/m0/s1. The minimum absolute atomic E-state index is 0.144. The molecule has 142 valence electrons. The van der Waals surface area contributed by atoms with E-state index in [1.807, 2.05) is 0 Å². The van der Waals surface area contributed by atoms with Crippen molar-refractivity contribution in [3.63, 3.8) is 0 Å². The topological polar surface area (TPSA) is 29.1 Å². The summed E-state index contributed by atoms with van der Waals surface area (Å²) in [7, 11) is 0. The second-order valence-electron chi connectivity index (χ2n) is 8.42. The third-order valence-corrected chi connectivity index (χ3v) is 6.79. The molecule has 0 saturated heterocycles. The summed E-state index contributed by atoms with van der Waals surface area (Å²) >= 11 is 0. The van der Waals surface area contributed by atoms with Crippen molar-refractivity contribution in [2.45, 2.75) is 51.5 Å². The number of hydrogen-bond acceptors (Lipinski definition) is 1. The predicted molar refractivity (Wildman–Crippen MR) is 83.8 cm³/mol. The number of carbonyl (C=O) groups excluding carboxylic acids is 1. The molecular formula is C19H20F5NO. The second kappa shape index (κ2) is 5.92. The minimum Gasteiger partial charge on any atom is -0.349 e. The molecule has 1 atom stereocenters. The average molecular weight is 373 g/mol. The highest BCUT2D eigenvalue weighted by atomic mass is 19.2. The molecule has 0 aromatic heterocycles. The largest absolute Gasteiger partial charge is 0.349 e. The summed E-state index contributed by atoms with van der Waals surface area (Å²) in [6.45, 7) is 1.77. The number of nitrogens with one attached hydrogen (secondary N) is 1. The molecule has 5 rings (SSSR count). The summed E-state index contributed by atoms with van der Waals surface area (Å²) in [5.41, 5.74) is -1.55. The Morgan fingerprint density at radius 1 is 0.846 bits per heavy atom. The number of carbonyl (C=O) groups is 1. The molecule has 26 heavy (non-hydrogen) atoms. The van der Waals surface area contributed by atoms with E-state index in [9.17, 15) is 26.7 Å². The molecule has 0 spiro atoms. The van der Waals surface area contributed by atoms with Crippen LogP contribution in [0, 0.1) is 52.3 Å². The fraction of sp³-hybridized carbons (Fsp3) is 0.632. The number of hydrogen-bond donors (Lipinski definition) is 1. The zero-order chi connectivity index (χ0) is 18.8. The van der Waals surface area contributed by atoms with Gasteiger partial charge in [0, 0.05) is 6.04 Å². The Labute approximate surface area is 148 Å². The van der Waals surface area contributed by atoms with E-state index in [4.69, 9.17) is 0 Å². The molecule has 1 aromatic carbocycles. The van der Waals surface area contributed by atoms with Crippen LogP contribution in [0.4, 0.5) is 22.0 Å². The van der Waals surface area contributed by atoms with Gasteiger partial charge >= 0.3 is 0 Å². The Morgan fingerprint density at radius 2 is 1.23 bits per heavy atom. The lowest BCUT2D eigenvalue weighted by Gasteiger charge is -2.59. The van der Waals surface area contributed by atoms with Gasteiger partial charge in [-0.05, 0) is 68.6 Å². The molecule has 4 saturated carbocycles. The van der Waals surface area contributed by atoms with Crippen LogP contribution >= 0.6 is 0 Å². The van der Waals surface area contributed by atoms with Gasteiger partial charge in [-0.2, -0.15) is 0 Å². The van der Waals surface area contributed by atoms with Crippen molar-refractivity contribution in [2.24, 2.45) is 23.2 Å². The van der Waals surface area contributed by atoms with Gasteiger partial charge in [0.15, 0.2) is 23.3 Å². The van der Waals surface area contributed by atoms with Gasteiger partial charge in [0.25, 0.3) is 5.91 Å². The van der Waals surface area contributed by atoms with E-state index in [1.54, 1.807) is 6.92 Å². The van der Waals surface area contributed by atoms with E-state index in [0.717, 1.165) is 19.3 Å². The molecule has 4 aliphatic rings. The van der Waals surface area contributed by atoms with Gasteiger partial charge in [-0.15, -0.1) is 0 Å². The van der Waals surface area contributed by atoms with Crippen LogP contribution in [0.25, 0.3) is 0 Å². The number of rotatable bonds is 3. The van der Waals surface area contributed by atoms with Crippen LogP contribution < -0.4 is 5.32 Å². The van der Waals surface area contributed by atoms with Crippen LogP contribution in [-0.4, -0.2) is 11.9 Å². The molecule has 4 aliphatic carbocycles. The van der Waals surface area contributed by atoms with Gasteiger partial charge in [-0.1, -0.05) is 0 Å². The highest BCUT2D eigenvalue weighted by molar-refractivity contribution is 5.95. The first-order chi connectivity index (χ1) is 12.2. The highest BCUT2D eigenvalue weighted by Gasteiger charge is 2.53. The van der Waals surface area contributed by atoms with Crippen LogP contribution in [-0.2, 0) is 0 Å². The van der Waals surface area contributed by atoms with E-state index < -0.39 is 46.6 Å². The van der Waals surface area contributed by atoms with Gasteiger partial charge < -0.3 is 5.32 Å². The molecule has 1 aromatic rings. The molecule has 4 bridgehead atoms. The van der Waals surface area contributed by atoms with E-state index in [2.05, 4.69) is 5.32 Å². The number of amides is 1. The van der Waals surface area contributed by atoms with Gasteiger partial charge in [0.1, 0.15) is 5.56 Å². The summed E-state index contributed by atoms with van der Waals surface area (Å²) in [4.78, 5) is 12.4. The molecule has 0 aliphatic heterocycles. The molecule has 0 unspecified atom stereocenters. The molecule has 4 fully saturated rings. The molecule has 7 heteroatoms. The van der Waals surface area contributed by atoms with Crippen LogP contribution in [0.2, 0.25) is 0 Å². The van der Waals surface area contributed by atoms with Crippen LogP contribution in [0.3, 0.4) is 0 Å². The van der Waals surface area contributed by atoms with Crippen molar-refractivity contribution < 1.29 is 26.7 Å². The highest BCUT2D eigenvalue weighted by Crippen LogP contribution is 2.61. The summed E-state index contributed by atoms with van der Waals surface area (Å²) < 4.78 is 67.7. The van der Waals surface area contributed by atoms with Gasteiger partial charge in [0.2, 0.25) is 5.82 Å². The lowest BCUT2D eigenvalue weighted by atomic mass is 9.48. The lowest BCUT2D eigenvalue weighted by Crippen LogP contribution is -2.56. The van der Waals surface area contributed by atoms with Gasteiger partial charge in [0.05, 0.1) is 0 Å². The maximum Gasteiger partial charge on any atom is 0.257 e. The summed E-state index contributed by atoms with van der Waals surface area (Å²) in [6, 6.07) is -0.390. The first-order valence-electron chi connectivity index (χ1n) is 9.04. The van der Waals surface area contributed by atoms with E-state index in [1.165, 1.54) is 19.3 Å². The fourth-order valence-corrected chi connectivity index (χ4v) is 5.93. The fourth-order valence-electron chi connectivity index (χ4n) is 5.93. The molecule has 1 amide bonds. The SMILES string of the molecule is C[C@H](NC(=O)c1c(F)c(F)c(F)c(F)c1F)C12CC3CC(CC(C3)C1)C2. The monoisotopic (exact) mass is 373 g/mol. The molecule has 2 nitrogen and oxygen atoms in total. The van der Waals surface area contributed by atoms with Gasteiger partial charge in [-0.25, -0.2) is 22.0 Å². The third kappa shape index (κ3) is 2.54. The van der Waals surface area contributed by atoms with E-state index in [0.29, 0.717) is 17.8 Å². The van der Waals surface area contributed by atoms with Crippen molar-refractivity contribution in [3.8, 4) is 0 Å². The average Bonchev–Trinajstić information content (AvgIpc) is 2.57. The zero-order valence-corrected chi connectivity index (χ0v) is 14.4. The van der Waals surface area contributed by atoms with Gasteiger partial charge in [-0.3, -0.25) is 4.79 Å². The third-order valence-electron chi connectivity index (χ3n) is 6.79. The second-order valence-corrected chi connectivity index (χ2v) is 8.42. The summed E-state index contributed by atoms with van der Waals surface area (Å²) in [6.07, 6.45) is 6.40. The van der Waals surface area contributed by atoms with Crippen LogP contribution in [0.1, 0.15) is 55.8 Å². The lowest BCUT2D eigenvalue weighted by molar-refractivity contribution is -0.0688. The van der Waals surface area contributed by atoms with E-state index >= 15 is 0 Å².